The van der Waals surface area contributed by atoms with Crippen molar-refractivity contribution in [2.24, 2.45) is 0 Å². The minimum Gasteiger partial charge on any atom is -0.492 e. The SMILES string of the molecule is Oc1ccc(-c2nc3ccc(C(F)(F)F)cn3c2I)nn1. The fraction of sp³-hybridized carbons (Fsp3) is 0.0833. The first-order valence-corrected chi connectivity index (χ1v) is 6.72. The molecule has 3 rings (SSSR count). The second kappa shape index (κ2) is 4.83. The van der Waals surface area contributed by atoms with E-state index in [-0.39, 0.29) is 5.88 Å². The summed E-state index contributed by atoms with van der Waals surface area (Å²) >= 11 is 1.89. The van der Waals surface area contributed by atoms with E-state index >= 15 is 0 Å². The number of hydrogen-bond acceptors (Lipinski definition) is 4. The quantitative estimate of drug-likeness (QED) is 0.631. The first-order valence-electron chi connectivity index (χ1n) is 5.64. The Morgan fingerprint density at radius 3 is 2.48 bits per heavy atom. The van der Waals surface area contributed by atoms with E-state index in [4.69, 9.17) is 5.11 Å². The molecule has 0 bridgehead atoms. The molecule has 0 atom stereocenters. The third kappa shape index (κ3) is 2.52. The number of hydrogen-bond donors (Lipinski definition) is 1. The molecule has 0 aliphatic carbocycles. The van der Waals surface area contributed by atoms with Gasteiger partial charge < -0.3 is 5.11 Å². The minimum absolute atomic E-state index is 0.239. The average molecular weight is 406 g/mol. The molecular formula is C12H6F3IN4O. The minimum atomic E-state index is -4.42. The fourth-order valence-corrected chi connectivity index (χ4v) is 2.58. The van der Waals surface area contributed by atoms with Crippen molar-refractivity contribution in [2.45, 2.75) is 6.18 Å². The highest BCUT2D eigenvalue weighted by molar-refractivity contribution is 14.1. The van der Waals surface area contributed by atoms with Crippen molar-refractivity contribution in [3.63, 3.8) is 0 Å². The van der Waals surface area contributed by atoms with Gasteiger partial charge in [-0.1, -0.05) is 0 Å². The maximum absolute atomic E-state index is 12.7. The summed E-state index contributed by atoms with van der Waals surface area (Å²) in [6.07, 6.45) is -3.43. The smallest absolute Gasteiger partial charge is 0.417 e. The zero-order valence-corrected chi connectivity index (χ0v) is 12.3. The lowest BCUT2D eigenvalue weighted by Gasteiger charge is -2.06. The molecule has 0 spiro atoms. The Hall–Kier alpha value is -1.91. The maximum atomic E-state index is 12.7. The summed E-state index contributed by atoms with van der Waals surface area (Å²) in [5.41, 5.74) is 0.391. The topological polar surface area (TPSA) is 63.3 Å². The maximum Gasteiger partial charge on any atom is 0.417 e. The summed E-state index contributed by atoms with van der Waals surface area (Å²) in [6.45, 7) is 0. The number of aromatic hydroxyl groups is 1. The molecule has 21 heavy (non-hydrogen) atoms. The van der Waals surface area contributed by atoms with Crippen LogP contribution in [-0.2, 0) is 6.18 Å². The van der Waals surface area contributed by atoms with E-state index in [1.165, 1.54) is 22.6 Å². The molecule has 3 aromatic heterocycles. The Morgan fingerprint density at radius 2 is 1.86 bits per heavy atom. The third-order valence-electron chi connectivity index (χ3n) is 2.78. The van der Waals surface area contributed by atoms with Gasteiger partial charge in [0.15, 0.2) is 0 Å². The average Bonchev–Trinajstić information content (AvgIpc) is 2.76. The van der Waals surface area contributed by atoms with Crippen LogP contribution in [-0.4, -0.2) is 24.7 Å². The number of rotatable bonds is 1. The Balaban J connectivity index is 2.18. The molecule has 0 fully saturated rings. The number of alkyl halides is 3. The Bertz CT molecular complexity index is 814. The van der Waals surface area contributed by atoms with Crippen LogP contribution in [0.2, 0.25) is 0 Å². The Labute approximate surface area is 129 Å². The van der Waals surface area contributed by atoms with Gasteiger partial charge in [-0.2, -0.15) is 13.2 Å². The highest BCUT2D eigenvalue weighted by Crippen LogP contribution is 2.31. The van der Waals surface area contributed by atoms with E-state index in [9.17, 15) is 13.2 Å². The van der Waals surface area contributed by atoms with Gasteiger partial charge in [0.2, 0.25) is 5.88 Å². The Kier molecular flexibility index (Phi) is 3.23. The predicted octanol–water partition coefficient (Wildman–Crippen LogP) is 3.12. The number of nitrogens with zero attached hydrogens (tertiary/aromatic N) is 4. The van der Waals surface area contributed by atoms with Gasteiger partial charge in [-0.05, 0) is 40.8 Å². The lowest BCUT2D eigenvalue weighted by molar-refractivity contribution is -0.137. The zero-order valence-electron chi connectivity index (χ0n) is 10.1. The molecule has 3 heterocycles. The standard InChI is InChI=1S/C12H6F3IN4O/c13-12(14,15)6-1-3-8-17-10(11(16)20(8)5-6)7-2-4-9(21)19-18-7/h1-5H,(H,19,21). The molecule has 0 radical (unpaired) electrons. The van der Waals surface area contributed by atoms with Crippen LogP contribution in [0.5, 0.6) is 5.88 Å². The van der Waals surface area contributed by atoms with E-state index in [1.54, 1.807) is 0 Å². The van der Waals surface area contributed by atoms with Crippen LogP contribution in [0.3, 0.4) is 0 Å². The molecule has 0 unspecified atom stereocenters. The first kappa shape index (κ1) is 14.0. The van der Waals surface area contributed by atoms with Crippen molar-refractivity contribution >= 4 is 28.2 Å². The summed E-state index contributed by atoms with van der Waals surface area (Å²) in [6, 6.07) is 5.10. The summed E-state index contributed by atoms with van der Waals surface area (Å²) in [5, 5.41) is 16.4. The van der Waals surface area contributed by atoms with Gasteiger partial charge in [-0.15, -0.1) is 10.2 Å². The van der Waals surface area contributed by atoms with Crippen molar-refractivity contribution in [1.29, 1.82) is 0 Å². The molecule has 0 amide bonds. The molecule has 0 aliphatic heterocycles. The Morgan fingerprint density at radius 1 is 1.10 bits per heavy atom. The van der Waals surface area contributed by atoms with E-state index in [1.807, 2.05) is 22.6 Å². The predicted molar refractivity (Wildman–Crippen MR) is 75.6 cm³/mol. The molecule has 0 aliphatic rings. The van der Waals surface area contributed by atoms with E-state index in [0.717, 1.165) is 12.3 Å². The molecule has 5 nitrogen and oxygen atoms in total. The van der Waals surface area contributed by atoms with E-state index in [0.29, 0.717) is 20.7 Å². The van der Waals surface area contributed by atoms with Crippen LogP contribution in [0, 0.1) is 3.70 Å². The second-order valence-corrected chi connectivity index (χ2v) is 5.19. The molecule has 0 aromatic carbocycles. The molecule has 108 valence electrons. The highest BCUT2D eigenvalue weighted by Gasteiger charge is 2.31. The highest BCUT2D eigenvalue weighted by atomic mass is 127. The third-order valence-corrected chi connectivity index (χ3v) is 3.81. The van der Waals surface area contributed by atoms with Crippen molar-refractivity contribution in [3.8, 4) is 17.3 Å². The molecule has 9 heteroatoms. The molecule has 3 aromatic rings. The monoisotopic (exact) mass is 406 g/mol. The van der Waals surface area contributed by atoms with Gasteiger partial charge in [-0.25, -0.2) is 4.98 Å². The van der Waals surface area contributed by atoms with Crippen LogP contribution in [0.4, 0.5) is 13.2 Å². The lowest BCUT2D eigenvalue weighted by Crippen LogP contribution is -2.06. The van der Waals surface area contributed by atoms with Crippen LogP contribution in [0.25, 0.3) is 17.0 Å². The molecule has 0 saturated carbocycles. The van der Waals surface area contributed by atoms with Crippen molar-refractivity contribution in [1.82, 2.24) is 19.6 Å². The molecule has 1 N–H and O–H groups in total. The van der Waals surface area contributed by atoms with Crippen LogP contribution in [0.15, 0.2) is 30.5 Å². The zero-order chi connectivity index (χ0) is 15.2. The van der Waals surface area contributed by atoms with Gasteiger partial charge in [0.05, 0.1) is 5.56 Å². The largest absolute Gasteiger partial charge is 0.492 e. The van der Waals surface area contributed by atoms with Crippen molar-refractivity contribution in [3.05, 3.63) is 39.7 Å². The molecular weight excluding hydrogens is 400 g/mol. The van der Waals surface area contributed by atoms with Crippen molar-refractivity contribution in [2.75, 3.05) is 0 Å². The number of pyridine rings is 1. The lowest BCUT2D eigenvalue weighted by atomic mass is 10.3. The van der Waals surface area contributed by atoms with Gasteiger partial charge in [0.1, 0.15) is 20.7 Å². The number of aromatic nitrogens is 4. The van der Waals surface area contributed by atoms with Gasteiger partial charge in [0, 0.05) is 12.3 Å². The number of fused-ring (bicyclic) bond motifs is 1. The second-order valence-electron chi connectivity index (χ2n) is 4.17. The summed E-state index contributed by atoms with van der Waals surface area (Å²) in [7, 11) is 0. The first-order chi connectivity index (χ1) is 9.86. The van der Waals surface area contributed by atoms with Crippen LogP contribution < -0.4 is 0 Å². The summed E-state index contributed by atoms with van der Waals surface area (Å²) < 4.78 is 40.0. The van der Waals surface area contributed by atoms with Gasteiger partial charge >= 0.3 is 6.18 Å². The normalized spacial score (nSPS) is 12.0. The van der Waals surface area contributed by atoms with Crippen LogP contribution in [0.1, 0.15) is 5.56 Å². The van der Waals surface area contributed by atoms with Gasteiger partial charge in [-0.3, -0.25) is 4.40 Å². The number of imidazole rings is 1. The van der Waals surface area contributed by atoms with Crippen molar-refractivity contribution < 1.29 is 18.3 Å². The van der Waals surface area contributed by atoms with Gasteiger partial charge in [0.25, 0.3) is 0 Å². The van der Waals surface area contributed by atoms with E-state index < -0.39 is 11.7 Å². The van der Waals surface area contributed by atoms with E-state index in [2.05, 4.69) is 15.2 Å². The fourth-order valence-electron chi connectivity index (χ4n) is 1.80. The molecule has 0 saturated heterocycles. The summed E-state index contributed by atoms with van der Waals surface area (Å²) in [4.78, 5) is 4.24. The summed E-state index contributed by atoms with van der Waals surface area (Å²) in [5.74, 6) is -0.239. The number of halogens is 4. The van der Waals surface area contributed by atoms with Crippen LogP contribution >= 0.6 is 22.6 Å².